The molecule has 1 aromatic carbocycles. The summed E-state index contributed by atoms with van der Waals surface area (Å²) in [6, 6.07) is 13.2. The third-order valence-electron chi connectivity index (χ3n) is 5.78. The van der Waals surface area contributed by atoms with Crippen LogP contribution >= 0.6 is 0 Å². The fraction of sp³-hybridized carbons (Fsp3) is 0.360. The molecular formula is C25H30N6O2. The van der Waals surface area contributed by atoms with E-state index in [0.717, 1.165) is 30.2 Å². The molecule has 0 saturated carbocycles. The van der Waals surface area contributed by atoms with Crippen molar-refractivity contribution < 1.29 is 9.59 Å². The standard InChI is InChI=1S/C25H30N6O2/c1-3-22-21(17-27-31(22)23-11-4-5-12-26-23)25(33)28-18(2)15-24(32)29-19-9-8-10-20(16-19)30-13-6-7-14-30/h4-5,8-12,16-18H,3,6-7,13-15H2,1-2H3,(H,28,33)(H,29,32). The quantitative estimate of drug-likeness (QED) is 0.552. The third kappa shape index (κ3) is 5.39. The molecule has 0 aliphatic carbocycles. The lowest BCUT2D eigenvalue weighted by atomic mass is 10.1. The molecule has 0 radical (unpaired) electrons. The van der Waals surface area contributed by atoms with E-state index in [1.54, 1.807) is 17.1 Å². The molecule has 2 N–H and O–H groups in total. The van der Waals surface area contributed by atoms with E-state index in [0.29, 0.717) is 17.8 Å². The van der Waals surface area contributed by atoms with E-state index < -0.39 is 0 Å². The van der Waals surface area contributed by atoms with Gasteiger partial charge in [-0.15, -0.1) is 0 Å². The number of nitrogens with zero attached hydrogens (tertiary/aromatic N) is 4. The van der Waals surface area contributed by atoms with E-state index in [1.165, 1.54) is 12.8 Å². The first kappa shape index (κ1) is 22.5. The van der Waals surface area contributed by atoms with Crippen molar-refractivity contribution in [2.45, 2.75) is 45.6 Å². The highest BCUT2D eigenvalue weighted by molar-refractivity contribution is 5.96. The molecule has 2 amide bonds. The van der Waals surface area contributed by atoms with Gasteiger partial charge in [0.25, 0.3) is 5.91 Å². The average molecular weight is 447 g/mol. The van der Waals surface area contributed by atoms with Gasteiger partial charge in [0, 0.05) is 43.1 Å². The molecule has 8 heteroatoms. The summed E-state index contributed by atoms with van der Waals surface area (Å²) in [5.74, 6) is 0.281. The summed E-state index contributed by atoms with van der Waals surface area (Å²) in [5.41, 5.74) is 3.17. The van der Waals surface area contributed by atoms with Crippen molar-refractivity contribution in [3.63, 3.8) is 0 Å². The molecule has 172 valence electrons. The van der Waals surface area contributed by atoms with Crippen LogP contribution in [0, 0.1) is 0 Å². The molecule has 8 nitrogen and oxygen atoms in total. The minimum Gasteiger partial charge on any atom is -0.371 e. The maximum absolute atomic E-state index is 12.9. The second kappa shape index (κ2) is 10.3. The maximum atomic E-state index is 12.9. The van der Waals surface area contributed by atoms with Crippen LogP contribution in [0.2, 0.25) is 0 Å². The summed E-state index contributed by atoms with van der Waals surface area (Å²) in [5, 5.41) is 10.2. The van der Waals surface area contributed by atoms with Gasteiger partial charge >= 0.3 is 0 Å². The van der Waals surface area contributed by atoms with Gasteiger partial charge in [-0.2, -0.15) is 5.10 Å². The highest BCUT2D eigenvalue weighted by Gasteiger charge is 2.20. The van der Waals surface area contributed by atoms with Gasteiger partial charge in [0.15, 0.2) is 5.82 Å². The topological polar surface area (TPSA) is 92.2 Å². The number of carbonyl (C=O) groups is 2. The normalized spacial score (nSPS) is 14.2. The second-order valence-corrected chi connectivity index (χ2v) is 8.33. The van der Waals surface area contributed by atoms with Crippen LogP contribution in [0.15, 0.2) is 54.9 Å². The lowest BCUT2D eigenvalue weighted by Gasteiger charge is -2.19. The zero-order chi connectivity index (χ0) is 23.2. The summed E-state index contributed by atoms with van der Waals surface area (Å²) in [6.45, 7) is 5.90. The Morgan fingerprint density at radius 2 is 1.94 bits per heavy atom. The van der Waals surface area contributed by atoms with Gasteiger partial charge in [-0.05, 0) is 56.5 Å². The van der Waals surface area contributed by atoms with Gasteiger partial charge in [-0.25, -0.2) is 9.67 Å². The molecule has 1 aliphatic rings. The molecule has 1 atom stereocenters. The van der Waals surface area contributed by atoms with Gasteiger partial charge in [0.1, 0.15) is 0 Å². The molecule has 1 unspecified atom stereocenters. The monoisotopic (exact) mass is 446 g/mol. The lowest BCUT2D eigenvalue weighted by molar-refractivity contribution is -0.116. The number of benzene rings is 1. The van der Waals surface area contributed by atoms with Crippen molar-refractivity contribution in [1.29, 1.82) is 0 Å². The number of nitrogens with one attached hydrogen (secondary N) is 2. The van der Waals surface area contributed by atoms with Gasteiger partial charge in [0.2, 0.25) is 5.91 Å². The molecule has 1 aliphatic heterocycles. The highest BCUT2D eigenvalue weighted by atomic mass is 16.2. The van der Waals surface area contributed by atoms with E-state index >= 15 is 0 Å². The first-order chi connectivity index (χ1) is 16.0. The van der Waals surface area contributed by atoms with Crippen LogP contribution in [0.3, 0.4) is 0 Å². The summed E-state index contributed by atoms with van der Waals surface area (Å²) < 4.78 is 1.68. The zero-order valence-corrected chi connectivity index (χ0v) is 19.1. The van der Waals surface area contributed by atoms with Crippen molar-refractivity contribution in [2.75, 3.05) is 23.3 Å². The molecule has 3 heterocycles. The number of hydrogen-bond acceptors (Lipinski definition) is 5. The summed E-state index contributed by atoms with van der Waals surface area (Å²) in [7, 11) is 0. The van der Waals surface area contributed by atoms with E-state index in [2.05, 4.69) is 31.7 Å². The van der Waals surface area contributed by atoms with Crippen LogP contribution in [0.25, 0.3) is 5.82 Å². The fourth-order valence-corrected chi connectivity index (χ4v) is 4.18. The average Bonchev–Trinajstić information content (AvgIpc) is 3.50. The summed E-state index contributed by atoms with van der Waals surface area (Å²) in [6.07, 6.45) is 6.46. The van der Waals surface area contributed by atoms with Crippen molar-refractivity contribution >= 4 is 23.2 Å². The number of hydrogen-bond donors (Lipinski definition) is 2. The SMILES string of the molecule is CCc1c(C(=O)NC(C)CC(=O)Nc2cccc(N3CCCC3)c2)cnn1-c1ccccn1. The molecule has 3 aromatic rings. The molecule has 1 fully saturated rings. The number of rotatable bonds is 8. The molecule has 1 saturated heterocycles. The Hall–Kier alpha value is -3.68. The number of amides is 2. The predicted octanol–water partition coefficient (Wildman–Crippen LogP) is 3.58. The Morgan fingerprint density at radius 3 is 2.67 bits per heavy atom. The van der Waals surface area contributed by atoms with Gasteiger partial charge in [-0.1, -0.05) is 19.1 Å². The molecule has 4 rings (SSSR count). The minimum absolute atomic E-state index is 0.138. The number of carbonyl (C=O) groups excluding carboxylic acids is 2. The van der Waals surface area contributed by atoms with Crippen LogP contribution in [0.1, 0.15) is 49.2 Å². The highest BCUT2D eigenvalue weighted by Crippen LogP contribution is 2.23. The zero-order valence-electron chi connectivity index (χ0n) is 19.1. The molecule has 0 spiro atoms. The van der Waals surface area contributed by atoms with Crippen molar-refractivity contribution in [2.24, 2.45) is 0 Å². The van der Waals surface area contributed by atoms with E-state index in [4.69, 9.17) is 0 Å². The summed E-state index contributed by atoms with van der Waals surface area (Å²) in [4.78, 5) is 32.1. The fourth-order valence-electron chi connectivity index (χ4n) is 4.18. The molecule has 0 bridgehead atoms. The predicted molar refractivity (Wildman–Crippen MR) is 129 cm³/mol. The Bertz CT molecular complexity index is 1110. The smallest absolute Gasteiger partial charge is 0.254 e. The van der Waals surface area contributed by atoms with Crippen LogP contribution in [-0.4, -0.2) is 45.7 Å². The number of aromatic nitrogens is 3. The summed E-state index contributed by atoms with van der Waals surface area (Å²) >= 11 is 0. The molecule has 33 heavy (non-hydrogen) atoms. The first-order valence-electron chi connectivity index (χ1n) is 11.5. The Morgan fingerprint density at radius 1 is 1.12 bits per heavy atom. The Labute approximate surface area is 194 Å². The van der Waals surface area contributed by atoms with Crippen LogP contribution in [-0.2, 0) is 11.2 Å². The van der Waals surface area contributed by atoms with Crippen molar-refractivity contribution in [3.05, 3.63) is 66.1 Å². The van der Waals surface area contributed by atoms with E-state index in [1.807, 2.05) is 50.2 Å². The van der Waals surface area contributed by atoms with Crippen LogP contribution in [0.5, 0.6) is 0 Å². The first-order valence-corrected chi connectivity index (χ1v) is 11.5. The maximum Gasteiger partial charge on any atom is 0.254 e. The Balaban J connectivity index is 1.35. The van der Waals surface area contributed by atoms with Crippen LogP contribution < -0.4 is 15.5 Å². The van der Waals surface area contributed by atoms with Gasteiger partial charge in [0.05, 0.1) is 17.5 Å². The third-order valence-corrected chi connectivity index (χ3v) is 5.78. The van der Waals surface area contributed by atoms with E-state index in [9.17, 15) is 9.59 Å². The van der Waals surface area contributed by atoms with Crippen LogP contribution in [0.4, 0.5) is 11.4 Å². The second-order valence-electron chi connectivity index (χ2n) is 8.33. The van der Waals surface area contributed by atoms with Gasteiger partial charge < -0.3 is 15.5 Å². The van der Waals surface area contributed by atoms with Crippen molar-refractivity contribution in [3.8, 4) is 5.82 Å². The molecular weight excluding hydrogens is 416 g/mol. The largest absolute Gasteiger partial charge is 0.371 e. The molecule has 2 aromatic heterocycles. The lowest BCUT2D eigenvalue weighted by Crippen LogP contribution is -2.35. The Kier molecular flexibility index (Phi) is 7.02. The minimum atomic E-state index is -0.331. The van der Waals surface area contributed by atoms with E-state index in [-0.39, 0.29) is 24.3 Å². The number of pyridine rings is 1. The van der Waals surface area contributed by atoms with Gasteiger partial charge in [-0.3, -0.25) is 9.59 Å². The van der Waals surface area contributed by atoms with Crippen molar-refractivity contribution in [1.82, 2.24) is 20.1 Å². The number of anilines is 2.